The first kappa shape index (κ1) is 24.8. The van der Waals surface area contributed by atoms with Crippen molar-refractivity contribution in [1.82, 2.24) is 16.0 Å². The topological polar surface area (TPSA) is 65.5 Å². The van der Waals surface area contributed by atoms with E-state index in [-0.39, 0.29) is 48.0 Å². The summed E-state index contributed by atoms with van der Waals surface area (Å²) in [5.74, 6) is -0.642. The third kappa shape index (κ3) is 7.96. The van der Waals surface area contributed by atoms with Crippen molar-refractivity contribution in [3.8, 4) is 0 Å². The number of benzene rings is 2. The SMILES string of the molecule is CCC(C)NC(=O)c1cccc(CNC(=NC)NCc2cc(F)ccc2F)c1.I. The van der Waals surface area contributed by atoms with Crippen LogP contribution >= 0.6 is 24.0 Å². The summed E-state index contributed by atoms with van der Waals surface area (Å²) in [5.41, 5.74) is 1.70. The second-order valence-corrected chi connectivity index (χ2v) is 6.50. The number of guanidine groups is 1. The summed E-state index contributed by atoms with van der Waals surface area (Å²) in [6.45, 7) is 4.50. The van der Waals surface area contributed by atoms with Crippen molar-refractivity contribution in [1.29, 1.82) is 0 Å². The van der Waals surface area contributed by atoms with Gasteiger partial charge in [0.1, 0.15) is 11.6 Å². The van der Waals surface area contributed by atoms with Crippen LogP contribution in [-0.4, -0.2) is 25.0 Å². The highest BCUT2D eigenvalue weighted by molar-refractivity contribution is 14.0. The fourth-order valence-electron chi connectivity index (χ4n) is 2.50. The van der Waals surface area contributed by atoms with Crippen LogP contribution in [0.3, 0.4) is 0 Å². The van der Waals surface area contributed by atoms with Gasteiger partial charge in [0.25, 0.3) is 5.91 Å². The Kier molecular flexibility index (Phi) is 10.6. The van der Waals surface area contributed by atoms with Crippen LogP contribution in [0.25, 0.3) is 0 Å². The van der Waals surface area contributed by atoms with Gasteiger partial charge in [-0.05, 0) is 49.2 Å². The van der Waals surface area contributed by atoms with Crippen LogP contribution in [-0.2, 0) is 13.1 Å². The number of carbonyl (C=O) groups is 1. The van der Waals surface area contributed by atoms with Gasteiger partial charge in [-0.2, -0.15) is 0 Å². The van der Waals surface area contributed by atoms with Gasteiger partial charge in [-0.3, -0.25) is 9.79 Å². The first-order valence-electron chi connectivity index (χ1n) is 9.21. The van der Waals surface area contributed by atoms with Gasteiger partial charge in [-0.25, -0.2) is 8.78 Å². The Bertz CT molecular complexity index is 845. The summed E-state index contributed by atoms with van der Waals surface area (Å²) < 4.78 is 27.0. The molecule has 0 aliphatic rings. The van der Waals surface area contributed by atoms with E-state index in [0.717, 1.165) is 30.2 Å². The van der Waals surface area contributed by atoms with E-state index in [0.29, 0.717) is 18.1 Å². The molecule has 8 heteroatoms. The quantitative estimate of drug-likeness (QED) is 0.297. The first-order chi connectivity index (χ1) is 13.4. The van der Waals surface area contributed by atoms with Crippen LogP contribution in [0, 0.1) is 11.6 Å². The van der Waals surface area contributed by atoms with Crippen molar-refractivity contribution < 1.29 is 13.6 Å². The van der Waals surface area contributed by atoms with Crippen LogP contribution in [0.4, 0.5) is 8.78 Å². The lowest BCUT2D eigenvalue weighted by Gasteiger charge is -2.14. The van der Waals surface area contributed by atoms with Gasteiger partial charge in [0.05, 0.1) is 0 Å². The van der Waals surface area contributed by atoms with Crippen LogP contribution in [0.1, 0.15) is 41.8 Å². The highest BCUT2D eigenvalue weighted by Crippen LogP contribution is 2.09. The zero-order valence-electron chi connectivity index (χ0n) is 16.8. The molecule has 0 fully saturated rings. The maximum absolute atomic E-state index is 13.7. The second kappa shape index (κ2) is 12.4. The molecule has 0 aromatic heterocycles. The summed E-state index contributed by atoms with van der Waals surface area (Å²) >= 11 is 0. The molecule has 0 saturated heterocycles. The minimum atomic E-state index is -0.492. The summed E-state index contributed by atoms with van der Waals surface area (Å²) in [5, 5.41) is 8.98. The van der Waals surface area contributed by atoms with Gasteiger partial charge in [0.15, 0.2) is 5.96 Å². The van der Waals surface area contributed by atoms with Crippen molar-refractivity contribution in [3.05, 3.63) is 70.8 Å². The number of nitrogens with one attached hydrogen (secondary N) is 3. The van der Waals surface area contributed by atoms with Crippen molar-refractivity contribution in [3.63, 3.8) is 0 Å². The van der Waals surface area contributed by atoms with Gasteiger partial charge in [-0.1, -0.05) is 19.1 Å². The van der Waals surface area contributed by atoms with Gasteiger partial charge < -0.3 is 16.0 Å². The fraction of sp³-hybridized carbons (Fsp3) is 0.333. The Morgan fingerprint density at radius 2 is 1.83 bits per heavy atom. The molecular formula is C21H27F2IN4O. The van der Waals surface area contributed by atoms with Gasteiger partial charge in [0, 0.05) is 37.3 Å². The Morgan fingerprint density at radius 1 is 1.10 bits per heavy atom. The lowest BCUT2D eigenvalue weighted by Crippen LogP contribution is -2.36. The number of nitrogens with zero attached hydrogens (tertiary/aromatic N) is 1. The highest BCUT2D eigenvalue weighted by atomic mass is 127. The van der Waals surface area contributed by atoms with E-state index in [9.17, 15) is 13.6 Å². The maximum atomic E-state index is 13.7. The van der Waals surface area contributed by atoms with Crippen molar-refractivity contribution in [2.24, 2.45) is 4.99 Å². The van der Waals surface area contributed by atoms with E-state index >= 15 is 0 Å². The number of rotatable bonds is 7. The molecule has 1 unspecified atom stereocenters. The molecule has 5 nitrogen and oxygen atoms in total. The lowest BCUT2D eigenvalue weighted by molar-refractivity contribution is 0.0939. The molecule has 2 aromatic rings. The number of hydrogen-bond acceptors (Lipinski definition) is 2. The minimum absolute atomic E-state index is 0. The molecule has 2 aromatic carbocycles. The Morgan fingerprint density at radius 3 is 2.52 bits per heavy atom. The van der Waals surface area contributed by atoms with Crippen molar-refractivity contribution >= 4 is 35.8 Å². The normalized spacial score (nSPS) is 12.0. The molecular weight excluding hydrogens is 489 g/mol. The zero-order chi connectivity index (χ0) is 20.5. The molecule has 1 amide bonds. The maximum Gasteiger partial charge on any atom is 0.251 e. The largest absolute Gasteiger partial charge is 0.352 e. The molecule has 0 spiro atoms. The molecule has 0 aliphatic carbocycles. The van der Waals surface area contributed by atoms with E-state index in [1.807, 2.05) is 32.0 Å². The second-order valence-electron chi connectivity index (χ2n) is 6.50. The molecule has 2 rings (SSSR count). The molecule has 3 N–H and O–H groups in total. The minimum Gasteiger partial charge on any atom is -0.352 e. The standard InChI is InChI=1S/C21H26F2N4O.HI/c1-4-14(2)27-20(28)16-7-5-6-15(10-16)12-25-21(24-3)26-13-17-11-18(22)8-9-19(17)23;/h5-11,14H,4,12-13H2,1-3H3,(H,27,28)(H2,24,25,26);1H. The molecule has 0 bridgehead atoms. The van der Waals surface area contributed by atoms with E-state index in [1.165, 1.54) is 0 Å². The molecule has 0 heterocycles. The molecule has 158 valence electrons. The van der Waals surface area contributed by atoms with E-state index in [2.05, 4.69) is 20.9 Å². The first-order valence-corrected chi connectivity index (χ1v) is 9.21. The zero-order valence-corrected chi connectivity index (χ0v) is 19.1. The van der Waals surface area contributed by atoms with Gasteiger partial charge in [0.2, 0.25) is 0 Å². The van der Waals surface area contributed by atoms with E-state index in [4.69, 9.17) is 0 Å². The van der Waals surface area contributed by atoms with Crippen LogP contribution in [0.15, 0.2) is 47.5 Å². The summed E-state index contributed by atoms with van der Waals surface area (Å²) in [6, 6.07) is 10.7. The lowest BCUT2D eigenvalue weighted by atomic mass is 10.1. The average molecular weight is 516 g/mol. The Balaban J connectivity index is 0.00000420. The highest BCUT2D eigenvalue weighted by Gasteiger charge is 2.09. The summed E-state index contributed by atoms with van der Waals surface area (Å²) in [7, 11) is 1.59. The molecule has 0 aliphatic heterocycles. The monoisotopic (exact) mass is 516 g/mol. The van der Waals surface area contributed by atoms with Gasteiger partial charge in [-0.15, -0.1) is 24.0 Å². The number of aliphatic imine (C=N–C) groups is 1. The molecule has 29 heavy (non-hydrogen) atoms. The molecule has 0 saturated carbocycles. The number of halogens is 3. The van der Waals surface area contributed by atoms with Crippen LogP contribution < -0.4 is 16.0 Å². The van der Waals surface area contributed by atoms with Crippen LogP contribution in [0.5, 0.6) is 0 Å². The molecule has 1 atom stereocenters. The fourth-order valence-corrected chi connectivity index (χ4v) is 2.50. The number of hydrogen-bond donors (Lipinski definition) is 3. The van der Waals surface area contributed by atoms with E-state index < -0.39 is 11.6 Å². The number of amides is 1. The third-order valence-corrected chi connectivity index (χ3v) is 4.32. The van der Waals surface area contributed by atoms with Crippen LogP contribution in [0.2, 0.25) is 0 Å². The smallest absolute Gasteiger partial charge is 0.251 e. The van der Waals surface area contributed by atoms with Crippen molar-refractivity contribution in [2.45, 2.75) is 39.4 Å². The number of carbonyl (C=O) groups excluding carboxylic acids is 1. The van der Waals surface area contributed by atoms with Gasteiger partial charge >= 0.3 is 0 Å². The molecule has 0 radical (unpaired) electrons. The Labute approximate surface area is 187 Å². The third-order valence-electron chi connectivity index (χ3n) is 4.32. The van der Waals surface area contributed by atoms with E-state index in [1.54, 1.807) is 13.1 Å². The summed E-state index contributed by atoms with van der Waals surface area (Å²) in [4.78, 5) is 16.3. The predicted octanol–water partition coefficient (Wildman–Crippen LogP) is 3.98. The predicted molar refractivity (Wildman–Crippen MR) is 122 cm³/mol. The summed E-state index contributed by atoms with van der Waals surface area (Å²) in [6.07, 6.45) is 0.862. The Hall–Kier alpha value is -2.23. The average Bonchev–Trinajstić information content (AvgIpc) is 2.70. The van der Waals surface area contributed by atoms with Crippen molar-refractivity contribution in [2.75, 3.05) is 7.05 Å².